The Kier molecular flexibility index (Phi) is 5.32. The first kappa shape index (κ1) is 18.5. The smallest absolute Gasteiger partial charge is 0.231 e. The van der Waals surface area contributed by atoms with E-state index >= 15 is 0 Å². The highest BCUT2D eigenvalue weighted by atomic mass is 16.7. The molecule has 6 heteroatoms. The number of nitrogens with zero attached hydrogens (tertiary/aromatic N) is 2. The Morgan fingerprint density at radius 1 is 1.07 bits per heavy atom. The summed E-state index contributed by atoms with van der Waals surface area (Å²) in [5.74, 6) is 2.37. The molecule has 0 amide bonds. The summed E-state index contributed by atoms with van der Waals surface area (Å²) >= 11 is 0. The van der Waals surface area contributed by atoms with Crippen LogP contribution in [0.2, 0.25) is 0 Å². The van der Waals surface area contributed by atoms with E-state index in [0.29, 0.717) is 19.6 Å². The second-order valence-electron chi connectivity index (χ2n) is 7.07. The third-order valence-electron chi connectivity index (χ3n) is 4.71. The third-order valence-corrected chi connectivity index (χ3v) is 4.71. The van der Waals surface area contributed by atoms with Gasteiger partial charge in [-0.1, -0.05) is 12.1 Å². The third kappa shape index (κ3) is 4.18. The maximum Gasteiger partial charge on any atom is 0.231 e. The molecule has 4 rings (SSSR count). The van der Waals surface area contributed by atoms with Crippen LogP contribution < -0.4 is 14.2 Å². The van der Waals surface area contributed by atoms with E-state index in [9.17, 15) is 5.11 Å². The lowest BCUT2D eigenvalue weighted by atomic mass is 10.1. The molecule has 0 saturated heterocycles. The van der Waals surface area contributed by atoms with Crippen molar-refractivity contribution >= 4 is 10.9 Å². The Bertz CT molecular complexity index is 974. The van der Waals surface area contributed by atoms with E-state index in [1.165, 1.54) is 0 Å². The summed E-state index contributed by atoms with van der Waals surface area (Å²) in [5.41, 5.74) is 2.99. The molecule has 1 N–H and O–H groups in total. The van der Waals surface area contributed by atoms with Crippen LogP contribution in [0, 0.1) is 0 Å². The molecular weight excluding hydrogens is 356 g/mol. The molecule has 1 aliphatic rings. The predicted molar refractivity (Wildman–Crippen MR) is 107 cm³/mol. The van der Waals surface area contributed by atoms with E-state index in [0.717, 1.165) is 39.4 Å². The standard InChI is InChI=1S/C22H24N2O4/c1-15(25)11-24(12-16-3-8-21-22(9-16)28-14-27-21)13-18-5-4-17-10-19(26-2)6-7-20(17)23-18/h3-10,15,25H,11-14H2,1-2H3/t15-/m0/s1. The highest BCUT2D eigenvalue weighted by Crippen LogP contribution is 2.33. The molecule has 1 aromatic heterocycles. The van der Waals surface area contributed by atoms with Gasteiger partial charge >= 0.3 is 0 Å². The van der Waals surface area contributed by atoms with Crippen molar-refractivity contribution in [3.63, 3.8) is 0 Å². The quantitative estimate of drug-likeness (QED) is 0.678. The minimum Gasteiger partial charge on any atom is -0.497 e. The monoisotopic (exact) mass is 380 g/mol. The number of fused-ring (bicyclic) bond motifs is 2. The molecule has 0 radical (unpaired) electrons. The average molecular weight is 380 g/mol. The van der Waals surface area contributed by atoms with Crippen LogP contribution in [0.3, 0.4) is 0 Å². The van der Waals surface area contributed by atoms with Crippen molar-refractivity contribution in [2.24, 2.45) is 0 Å². The summed E-state index contributed by atoms with van der Waals surface area (Å²) in [7, 11) is 1.66. The average Bonchev–Trinajstić information content (AvgIpc) is 3.15. The molecule has 0 aliphatic carbocycles. The van der Waals surface area contributed by atoms with E-state index in [1.54, 1.807) is 14.0 Å². The van der Waals surface area contributed by atoms with Crippen molar-refractivity contribution in [1.29, 1.82) is 0 Å². The summed E-state index contributed by atoms with van der Waals surface area (Å²) in [6, 6.07) is 15.9. The van der Waals surface area contributed by atoms with Gasteiger partial charge in [-0.15, -0.1) is 0 Å². The first-order valence-corrected chi connectivity index (χ1v) is 9.33. The van der Waals surface area contributed by atoms with Gasteiger partial charge in [0.25, 0.3) is 0 Å². The molecule has 0 unspecified atom stereocenters. The minimum absolute atomic E-state index is 0.266. The van der Waals surface area contributed by atoms with Crippen molar-refractivity contribution in [3.8, 4) is 17.2 Å². The van der Waals surface area contributed by atoms with Crippen molar-refractivity contribution in [2.45, 2.75) is 26.1 Å². The van der Waals surface area contributed by atoms with Gasteiger partial charge in [0.2, 0.25) is 6.79 Å². The zero-order valence-corrected chi connectivity index (χ0v) is 16.1. The van der Waals surface area contributed by atoms with Gasteiger partial charge in [0.05, 0.1) is 24.4 Å². The van der Waals surface area contributed by atoms with Crippen LogP contribution in [-0.2, 0) is 13.1 Å². The lowest BCUT2D eigenvalue weighted by Crippen LogP contribution is -2.30. The lowest BCUT2D eigenvalue weighted by Gasteiger charge is -2.23. The maximum atomic E-state index is 9.94. The van der Waals surface area contributed by atoms with E-state index in [4.69, 9.17) is 19.2 Å². The molecule has 0 saturated carbocycles. The number of pyridine rings is 1. The summed E-state index contributed by atoms with van der Waals surface area (Å²) < 4.78 is 16.1. The first-order chi connectivity index (χ1) is 13.6. The fraction of sp³-hybridized carbons (Fsp3) is 0.318. The summed E-state index contributed by atoms with van der Waals surface area (Å²) in [6.45, 7) is 3.94. The molecule has 6 nitrogen and oxygen atoms in total. The second kappa shape index (κ2) is 8.04. The molecule has 0 spiro atoms. The molecular formula is C22H24N2O4. The number of rotatable bonds is 7. The van der Waals surface area contributed by atoms with E-state index in [-0.39, 0.29) is 6.79 Å². The van der Waals surface area contributed by atoms with Crippen LogP contribution in [0.1, 0.15) is 18.2 Å². The van der Waals surface area contributed by atoms with Gasteiger partial charge in [0, 0.05) is 25.0 Å². The summed E-state index contributed by atoms with van der Waals surface area (Å²) in [4.78, 5) is 6.95. The van der Waals surface area contributed by atoms with Crippen LogP contribution in [-0.4, -0.2) is 41.5 Å². The number of aliphatic hydroxyl groups excluding tert-OH is 1. The molecule has 1 atom stereocenters. The maximum absolute atomic E-state index is 9.94. The highest BCUT2D eigenvalue weighted by molar-refractivity contribution is 5.80. The molecule has 146 valence electrons. The van der Waals surface area contributed by atoms with Gasteiger partial charge in [-0.25, -0.2) is 0 Å². The van der Waals surface area contributed by atoms with E-state index in [1.807, 2.05) is 42.5 Å². The number of hydrogen-bond acceptors (Lipinski definition) is 6. The number of hydrogen-bond donors (Lipinski definition) is 1. The van der Waals surface area contributed by atoms with E-state index in [2.05, 4.69) is 11.0 Å². The fourth-order valence-electron chi connectivity index (χ4n) is 3.45. The number of methoxy groups -OCH3 is 1. The number of aromatic nitrogens is 1. The van der Waals surface area contributed by atoms with Crippen molar-refractivity contribution in [1.82, 2.24) is 9.88 Å². The first-order valence-electron chi connectivity index (χ1n) is 9.33. The number of benzene rings is 2. The molecule has 2 heterocycles. The van der Waals surface area contributed by atoms with Gasteiger partial charge in [0.1, 0.15) is 5.75 Å². The van der Waals surface area contributed by atoms with Crippen LogP contribution in [0.5, 0.6) is 17.2 Å². The van der Waals surface area contributed by atoms with Crippen molar-refractivity contribution in [2.75, 3.05) is 20.4 Å². The Labute approximate surface area is 164 Å². The Balaban J connectivity index is 1.53. The molecule has 28 heavy (non-hydrogen) atoms. The fourth-order valence-corrected chi connectivity index (χ4v) is 3.45. The SMILES string of the molecule is COc1ccc2nc(CN(Cc3ccc4c(c3)OCO4)C[C@H](C)O)ccc2c1. The van der Waals surface area contributed by atoms with Gasteiger partial charge in [-0.2, -0.15) is 0 Å². The van der Waals surface area contributed by atoms with Crippen LogP contribution in [0.25, 0.3) is 10.9 Å². The Morgan fingerprint density at radius 3 is 2.75 bits per heavy atom. The molecule has 2 aromatic carbocycles. The second-order valence-corrected chi connectivity index (χ2v) is 7.07. The van der Waals surface area contributed by atoms with Crippen LogP contribution >= 0.6 is 0 Å². The van der Waals surface area contributed by atoms with E-state index < -0.39 is 6.10 Å². The number of ether oxygens (including phenoxy) is 3. The van der Waals surface area contributed by atoms with Gasteiger partial charge < -0.3 is 19.3 Å². The molecule has 0 bridgehead atoms. The topological polar surface area (TPSA) is 64.1 Å². The van der Waals surface area contributed by atoms with Crippen LogP contribution in [0.15, 0.2) is 48.5 Å². The molecule has 1 aliphatic heterocycles. The summed E-state index contributed by atoms with van der Waals surface area (Å²) in [6.07, 6.45) is -0.432. The molecule has 0 fully saturated rings. The van der Waals surface area contributed by atoms with Gasteiger partial charge in [-0.3, -0.25) is 9.88 Å². The largest absolute Gasteiger partial charge is 0.497 e. The Morgan fingerprint density at radius 2 is 1.93 bits per heavy atom. The van der Waals surface area contributed by atoms with Gasteiger partial charge in [0.15, 0.2) is 11.5 Å². The summed E-state index contributed by atoms with van der Waals surface area (Å²) in [5, 5.41) is 11.0. The zero-order chi connectivity index (χ0) is 19.5. The predicted octanol–water partition coefficient (Wildman–Crippen LogP) is 3.36. The van der Waals surface area contributed by atoms with Crippen molar-refractivity contribution < 1.29 is 19.3 Å². The normalized spacial score (nSPS) is 13.9. The highest BCUT2D eigenvalue weighted by Gasteiger charge is 2.16. The van der Waals surface area contributed by atoms with Gasteiger partial charge in [-0.05, 0) is 48.9 Å². The van der Waals surface area contributed by atoms with Crippen LogP contribution in [0.4, 0.5) is 0 Å². The zero-order valence-electron chi connectivity index (χ0n) is 16.1. The number of aliphatic hydroxyl groups is 1. The lowest BCUT2D eigenvalue weighted by molar-refractivity contribution is 0.117. The Hall–Kier alpha value is -2.83. The van der Waals surface area contributed by atoms with Crippen molar-refractivity contribution in [3.05, 3.63) is 59.8 Å². The minimum atomic E-state index is -0.432. The molecule has 3 aromatic rings.